The minimum absolute atomic E-state index is 0.0168. The van der Waals surface area contributed by atoms with Gasteiger partial charge in [0.15, 0.2) is 0 Å². The second-order valence-electron chi connectivity index (χ2n) is 7.45. The summed E-state index contributed by atoms with van der Waals surface area (Å²) in [7, 11) is 0. The van der Waals surface area contributed by atoms with E-state index in [-0.39, 0.29) is 42.9 Å². The zero-order valence-corrected chi connectivity index (χ0v) is 15.8. The Morgan fingerprint density at radius 2 is 1.96 bits per heavy atom. The average Bonchev–Trinajstić information content (AvgIpc) is 3.52. The molecule has 2 heterocycles. The van der Waals surface area contributed by atoms with Crippen LogP contribution in [-0.2, 0) is 19.1 Å². The molecular weight excluding hydrogens is 350 g/mol. The number of nitrogens with zero attached hydrogens (tertiary/aromatic N) is 1. The van der Waals surface area contributed by atoms with E-state index in [1.165, 1.54) is 0 Å². The number of nitrogens with one attached hydrogen (secondary N) is 2. The van der Waals surface area contributed by atoms with Crippen molar-refractivity contribution in [2.75, 3.05) is 46.0 Å². The molecule has 2 aliphatic heterocycles. The maximum atomic E-state index is 12.1. The Hall–Kier alpha value is -1.48. The topological polar surface area (TPSA) is 100 Å². The molecule has 0 aromatic carbocycles. The number of aliphatic hydroxyl groups is 1. The van der Waals surface area contributed by atoms with Gasteiger partial charge in [-0.3, -0.25) is 14.5 Å². The van der Waals surface area contributed by atoms with E-state index in [9.17, 15) is 14.7 Å². The summed E-state index contributed by atoms with van der Waals surface area (Å²) in [5.74, 6) is 0.0608. The smallest absolute Gasteiger partial charge is 0.223 e. The number of amides is 2. The Morgan fingerprint density at radius 1 is 1.19 bits per heavy atom. The molecule has 3 aliphatic rings. The summed E-state index contributed by atoms with van der Waals surface area (Å²) in [6.07, 6.45) is 5.73. The maximum absolute atomic E-state index is 12.1. The minimum Gasteiger partial charge on any atom is -0.394 e. The molecule has 0 aromatic rings. The monoisotopic (exact) mass is 381 g/mol. The van der Waals surface area contributed by atoms with Gasteiger partial charge in [-0.1, -0.05) is 12.2 Å². The van der Waals surface area contributed by atoms with Gasteiger partial charge in [-0.2, -0.15) is 0 Å². The van der Waals surface area contributed by atoms with Gasteiger partial charge in [0.25, 0.3) is 0 Å². The van der Waals surface area contributed by atoms with Crippen LogP contribution in [-0.4, -0.2) is 86.1 Å². The highest BCUT2D eigenvalue weighted by Crippen LogP contribution is 2.29. The molecule has 1 saturated heterocycles. The van der Waals surface area contributed by atoms with E-state index in [1.807, 2.05) is 6.08 Å². The first-order chi connectivity index (χ1) is 13.2. The Labute approximate surface area is 160 Å². The maximum Gasteiger partial charge on any atom is 0.223 e. The number of hydrogen-bond acceptors (Lipinski definition) is 6. The van der Waals surface area contributed by atoms with Gasteiger partial charge in [0.05, 0.1) is 38.4 Å². The van der Waals surface area contributed by atoms with Gasteiger partial charge in [0.2, 0.25) is 11.8 Å². The number of hydrogen-bond donors (Lipinski definition) is 3. The molecule has 27 heavy (non-hydrogen) atoms. The minimum atomic E-state index is -0.517. The molecule has 8 heteroatoms. The summed E-state index contributed by atoms with van der Waals surface area (Å²) >= 11 is 0. The van der Waals surface area contributed by atoms with Crippen molar-refractivity contribution < 1.29 is 24.2 Å². The third kappa shape index (κ3) is 6.57. The van der Waals surface area contributed by atoms with Crippen LogP contribution < -0.4 is 10.6 Å². The highest BCUT2D eigenvalue weighted by Gasteiger charge is 2.34. The summed E-state index contributed by atoms with van der Waals surface area (Å²) in [6, 6.07) is -0.337. The molecule has 1 aliphatic carbocycles. The molecule has 0 aromatic heterocycles. The van der Waals surface area contributed by atoms with Crippen LogP contribution in [0.2, 0.25) is 0 Å². The lowest BCUT2D eigenvalue weighted by atomic mass is 10.0. The van der Waals surface area contributed by atoms with Crippen molar-refractivity contribution in [1.82, 2.24) is 15.5 Å². The van der Waals surface area contributed by atoms with Gasteiger partial charge >= 0.3 is 0 Å². The average molecular weight is 381 g/mol. The number of aliphatic hydroxyl groups excluding tert-OH is 1. The number of ether oxygens (including phenoxy) is 2. The fraction of sp³-hybridized carbons (Fsp3) is 0.789. The van der Waals surface area contributed by atoms with E-state index < -0.39 is 6.10 Å². The quantitative estimate of drug-likeness (QED) is 0.365. The van der Waals surface area contributed by atoms with E-state index in [0.717, 1.165) is 52.1 Å². The summed E-state index contributed by atoms with van der Waals surface area (Å²) < 4.78 is 11.1. The van der Waals surface area contributed by atoms with Crippen LogP contribution in [0.15, 0.2) is 12.2 Å². The predicted octanol–water partition coefficient (Wildman–Crippen LogP) is -0.574. The molecule has 3 N–H and O–H groups in total. The van der Waals surface area contributed by atoms with Crippen molar-refractivity contribution in [3.05, 3.63) is 12.2 Å². The van der Waals surface area contributed by atoms with Crippen molar-refractivity contribution in [2.45, 2.75) is 43.9 Å². The number of carbonyl (C=O) groups is 2. The van der Waals surface area contributed by atoms with Crippen molar-refractivity contribution in [3.8, 4) is 0 Å². The van der Waals surface area contributed by atoms with E-state index >= 15 is 0 Å². The van der Waals surface area contributed by atoms with Gasteiger partial charge < -0.3 is 25.2 Å². The third-order valence-electron chi connectivity index (χ3n) is 5.18. The van der Waals surface area contributed by atoms with Gasteiger partial charge in [-0.15, -0.1) is 0 Å². The van der Waals surface area contributed by atoms with Gasteiger partial charge in [-0.25, -0.2) is 0 Å². The van der Waals surface area contributed by atoms with Crippen molar-refractivity contribution in [3.63, 3.8) is 0 Å². The molecule has 1 saturated carbocycles. The van der Waals surface area contributed by atoms with E-state index in [1.54, 1.807) is 6.08 Å². The highest BCUT2D eigenvalue weighted by atomic mass is 16.5. The zero-order valence-electron chi connectivity index (χ0n) is 15.8. The highest BCUT2D eigenvalue weighted by molar-refractivity contribution is 5.81. The van der Waals surface area contributed by atoms with E-state index in [4.69, 9.17) is 9.47 Å². The van der Waals surface area contributed by atoms with Crippen LogP contribution in [0.1, 0.15) is 25.7 Å². The molecule has 2 amide bonds. The first kappa shape index (κ1) is 20.3. The normalized spacial score (nSPS) is 28.7. The standard InChI is InChI=1S/C19H31N3O5/c23-13-17-16(21-19(25)14-2-3-14)5-4-15(27-17)12-18(24)20-6-1-7-22-8-10-26-11-9-22/h4-5,14-17,23H,1-3,6-13H2,(H,20,24)(H,21,25)/t15-,16-,17+/m1/s1. The summed E-state index contributed by atoms with van der Waals surface area (Å²) in [5, 5.41) is 15.4. The largest absolute Gasteiger partial charge is 0.394 e. The first-order valence-electron chi connectivity index (χ1n) is 9.97. The van der Waals surface area contributed by atoms with Crippen LogP contribution in [0.3, 0.4) is 0 Å². The van der Waals surface area contributed by atoms with Crippen LogP contribution in [0.25, 0.3) is 0 Å². The number of morpholine rings is 1. The predicted molar refractivity (Wildman–Crippen MR) is 99.0 cm³/mol. The Morgan fingerprint density at radius 3 is 2.67 bits per heavy atom. The molecule has 3 rings (SSSR count). The number of carbonyl (C=O) groups excluding carboxylic acids is 2. The first-order valence-corrected chi connectivity index (χ1v) is 9.97. The zero-order chi connectivity index (χ0) is 19.1. The van der Waals surface area contributed by atoms with Crippen LogP contribution >= 0.6 is 0 Å². The van der Waals surface area contributed by atoms with Crippen LogP contribution in [0, 0.1) is 5.92 Å². The Kier molecular flexibility index (Phi) is 7.63. The van der Waals surface area contributed by atoms with E-state index in [2.05, 4.69) is 15.5 Å². The van der Waals surface area contributed by atoms with Crippen molar-refractivity contribution >= 4 is 11.8 Å². The molecule has 0 unspecified atom stereocenters. The third-order valence-corrected chi connectivity index (χ3v) is 5.18. The Bertz CT molecular complexity index is 531. The van der Waals surface area contributed by atoms with Crippen LogP contribution in [0.5, 0.6) is 0 Å². The lowest BCUT2D eigenvalue weighted by Gasteiger charge is -2.31. The van der Waals surface area contributed by atoms with Gasteiger partial charge in [0.1, 0.15) is 6.10 Å². The SMILES string of the molecule is O=C(C[C@H]1C=C[C@@H](NC(=O)C2CC2)[C@H](CO)O1)NCCCN1CCOCC1. The van der Waals surface area contributed by atoms with E-state index in [0.29, 0.717) is 6.54 Å². The second-order valence-corrected chi connectivity index (χ2v) is 7.45. The molecule has 2 fully saturated rings. The molecule has 3 atom stereocenters. The summed E-state index contributed by atoms with van der Waals surface area (Å²) in [5.41, 5.74) is 0. The lowest BCUT2D eigenvalue weighted by molar-refractivity contribution is -0.128. The van der Waals surface area contributed by atoms with Gasteiger partial charge in [0, 0.05) is 25.6 Å². The summed E-state index contributed by atoms with van der Waals surface area (Å²) in [4.78, 5) is 26.4. The van der Waals surface area contributed by atoms with Crippen LogP contribution in [0.4, 0.5) is 0 Å². The molecule has 8 nitrogen and oxygen atoms in total. The fourth-order valence-electron chi connectivity index (χ4n) is 3.37. The molecule has 0 spiro atoms. The van der Waals surface area contributed by atoms with Crippen molar-refractivity contribution in [2.24, 2.45) is 5.92 Å². The molecule has 152 valence electrons. The second kappa shape index (κ2) is 10.2. The summed E-state index contributed by atoms with van der Waals surface area (Å²) in [6.45, 7) is 4.87. The molecular formula is C19H31N3O5. The van der Waals surface area contributed by atoms with Crippen molar-refractivity contribution in [1.29, 1.82) is 0 Å². The van der Waals surface area contributed by atoms with Gasteiger partial charge in [-0.05, 0) is 25.8 Å². The Balaban J connectivity index is 1.34. The fourth-order valence-corrected chi connectivity index (χ4v) is 3.37. The molecule has 0 bridgehead atoms. The number of rotatable bonds is 9. The lowest BCUT2D eigenvalue weighted by Crippen LogP contribution is -2.49. The molecule has 0 radical (unpaired) electrons.